The van der Waals surface area contributed by atoms with Gasteiger partial charge in [0.15, 0.2) is 0 Å². The van der Waals surface area contributed by atoms with Crippen molar-refractivity contribution in [2.75, 3.05) is 17.7 Å². The Labute approximate surface area is 114 Å². The number of nitrogens with zero attached hydrogens (tertiary/aromatic N) is 2. The van der Waals surface area contributed by atoms with Gasteiger partial charge in [0.1, 0.15) is 17.5 Å². The zero-order valence-electron chi connectivity index (χ0n) is 10.8. The summed E-state index contributed by atoms with van der Waals surface area (Å²) < 4.78 is 13.5. The Bertz CT molecular complexity index is 634. The van der Waals surface area contributed by atoms with Crippen LogP contribution in [0.5, 0.6) is 0 Å². The van der Waals surface area contributed by atoms with Crippen molar-refractivity contribution >= 4 is 17.3 Å². The van der Waals surface area contributed by atoms with Gasteiger partial charge in [-0.25, -0.2) is 9.37 Å². The Morgan fingerprint density at radius 2 is 2.00 bits per heavy atom. The van der Waals surface area contributed by atoms with Crippen LogP contribution < -0.4 is 10.6 Å². The molecule has 0 bridgehead atoms. The van der Waals surface area contributed by atoms with Crippen LogP contribution >= 0.6 is 0 Å². The van der Waals surface area contributed by atoms with E-state index in [1.165, 1.54) is 18.2 Å². The van der Waals surface area contributed by atoms with Crippen LogP contribution in [0.15, 0.2) is 36.4 Å². The zero-order chi connectivity index (χ0) is 14.5. The van der Waals surface area contributed by atoms with E-state index in [0.29, 0.717) is 17.2 Å². The van der Waals surface area contributed by atoms with Gasteiger partial charge < -0.3 is 10.6 Å². The number of hydrogen-bond acceptors (Lipinski definition) is 5. The first kappa shape index (κ1) is 13.7. The van der Waals surface area contributed by atoms with E-state index in [9.17, 15) is 14.5 Å². The van der Waals surface area contributed by atoms with Crippen molar-refractivity contribution < 1.29 is 9.31 Å². The molecule has 0 aliphatic rings. The first-order valence-electron chi connectivity index (χ1n) is 5.91. The van der Waals surface area contributed by atoms with Crippen molar-refractivity contribution in [3.63, 3.8) is 0 Å². The van der Waals surface area contributed by atoms with Crippen LogP contribution in [0.1, 0.15) is 5.56 Å². The maximum absolute atomic E-state index is 13.5. The Balaban J connectivity index is 2.19. The molecular formula is C13H13FN4O2. The Morgan fingerprint density at radius 3 is 2.65 bits per heavy atom. The lowest BCUT2D eigenvalue weighted by atomic mass is 10.2. The van der Waals surface area contributed by atoms with Gasteiger partial charge >= 0.3 is 0 Å². The van der Waals surface area contributed by atoms with Gasteiger partial charge in [0.2, 0.25) is 0 Å². The Kier molecular flexibility index (Phi) is 4.09. The molecule has 0 saturated heterocycles. The summed E-state index contributed by atoms with van der Waals surface area (Å²) in [5.41, 5.74) is 0.382. The van der Waals surface area contributed by atoms with Gasteiger partial charge in [0.25, 0.3) is 5.69 Å². The molecule has 2 N–H and O–H groups in total. The fraction of sp³-hybridized carbons (Fsp3) is 0.154. The second-order valence-electron chi connectivity index (χ2n) is 4.05. The Hall–Kier alpha value is -2.70. The van der Waals surface area contributed by atoms with Crippen molar-refractivity contribution in [2.24, 2.45) is 0 Å². The van der Waals surface area contributed by atoms with Crippen molar-refractivity contribution in [3.8, 4) is 0 Å². The minimum atomic E-state index is -0.503. The molecule has 0 fully saturated rings. The SMILES string of the molecule is CNc1cc([N+](=O)[O-])cc(NCc2ccccc2F)n1. The van der Waals surface area contributed by atoms with Gasteiger partial charge in [-0.3, -0.25) is 10.1 Å². The highest BCUT2D eigenvalue weighted by Gasteiger charge is 2.11. The predicted octanol–water partition coefficient (Wildman–Crippen LogP) is 2.78. The summed E-state index contributed by atoms with van der Waals surface area (Å²) in [6.07, 6.45) is 0. The third-order valence-electron chi connectivity index (χ3n) is 2.69. The Morgan fingerprint density at radius 1 is 1.30 bits per heavy atom. The fourth-order valence-corrected chi connectivity index (χ4v) is 1.67. The van der Waals surface area contributed by atoms with Gasteiger partial charge in [-0.05, 0) is 6.07 Å². The number of anilines is 2. The molecule has 0 aliphatic heterocycles. The average molecular weight is 276 g/mol. The van der Waals surface area contributed by atoms with E-state index in [1.807, 2.05) is 0 Å². The molecule has 1 heterocycles. The second kappa shape index (κ2) is 5.96. The van der Waals surface area contributed by atoms with Crippen molar-refractivity contribution in [1.82, 2.24) is 4.98 Å². The summed E-state index contributed by atoms with van der Waals surface area (Å²) in [6.45, 7) is 0.198. The fourth-order valence-electron chi connectivity index (χ4n) is 1.67. The van der Waals surface area contributed by atoms with Crippen LogP contribution in [-0.4, -0.2) is 17.0 Å². The standard InChI is InChI=1S/C13H13FN4O2/c1-15-12-6-10(18(19)20)7-13(17-12)16-8-9-4-2-3-5-11(9)14/h2-7H,8H2,1H3,(H2,15,16,17). The highest BCUT2D eigenvalue weighted by Crippen LogP contribution is 2.21. The molecule has 104 valence electrons. The first-order valence-corrected chi connectivity index (χ1v) is 5.91. The van der Waals surface area contributed by atoms with Crippen molar-refractivity contribution in [2.45, 2.75) is 6.54 Å². The van der Waals surface area contributed by atoms with Crippen LogP contribution in [0.4, 0.5) is 21.7 Å². The monoisotopic (exact) mass is 276 g/mol. The molecule has 0 radical (unpaired) electrons. The summed E-state index contributed by atoms with van der Waals surface area (Å²) in [6, 6.07) is 8.95. The zero-order valence-corrected chi connectivity index (χ0v) is 10.8. The molecule has 2 rings (SSSR count). The number of rotatable bonds is 5. The molecule has 0 spiro atoms. The highest BCUT2D eigenvalue weighted by molar-refractivity contribution is 5.54. The number of benzene rings is 1. The molecule has 1 aromatic carbocycles. The number of aromatic nitrogens is 1. The lowest BCUT2D eigenvalue weighted by Crippen LogP contribution is -2.05. The largest absolute Gasteiger partial charge is 0.373 e. The van der Waals surface area contributed by atoms with Gasteiger partial charge in [-0.15, -0.1) is 0 Å². The van der Waals surface area contributed by atoms with Gasteiger partial charge in [-0.1, -0.05) is 18.2 Å². The van der Waals surface area contributed by atoms with E-state index >= 15 is 0 Å². The second-order valence-corrected chi connectivity index (χ2v) is 4.05. The number of pyridine rings is 1. The molecule has 0 saturated carbocycles. The van der Waals surface area contributed by atoms with E-state index in [-0.39, 0.29) is 18.0 Å². The minimum absolute atomic E-state index is 0.0830. The van der Waals surface area contributed by atoms with Crippen LogP contribution in [0.25, 0.3) is 0 Å². The molecule has 0 atom stereocenters. The summed E-state index contributed by atoms with van der Waals surface area (Å²) in [4.78, 5) is 14.4. The summed E-state index contributed by atoms with van der Waals surface area (Å²) >= 11 is 0. The van der Waals surface area contributed by atoms with Gasteiger partial charge in [-0.2, -0.15) is 0 Å². The normalized spacial score (nSPS) is 10.1. The average Bonchev–Trinajstić information content (AvgIpc) is 2.46. The summed E-state index contributed by atoms with van der Waals surface area (Å²) in [5.74, 6) is 0.348. The van der Waals surface area contributed by atoms with Crippen LogP contribution in [0, 0.1) is 15.9 Å². The molecule has 0 unspecified atom stereocenters. The van der Waals surface area contributed by atoms with E-state index in [2.05, 4.69) is 15.6 Å². The number of hydrogen-bond donors (Lipinski definition) is 2. The molecule has 6 nitrogen and oxygen atoms in total. The van der Waals surface area contributed by atoms with E-state index in [0.717, 1.165) is 0 Å². The summed E-state index contributed by atoms with van der Waals surface area (Å²) in [5, 5.41) is 16.4. The van der Waals surface area contributed by atoms with Crippen LogP contribution in [-0.2, 0) is 6.54 Å². The number of nitrogens with one attached hydrogen (secondary N) is 2. The topological polar surface area (TPSA) is 80.1 Å². The van der Waals surface area contributed by atoms with E-state index in [1.54, 1.807) is 25.2 Å². The van der Waals surface area contributed by atoms with Crippen molar-refractivity contribution in [3.05, 3.63) is 57.9 Å². The number of nitro groups is 1. The maximum atomic E-state index is 13.5. The third kappa shape index (κ3) is 3.19. The minimum Gasteiger partial charge on any atom is -0.373 e. The third-order valence-corrected chi connectivity index (χ3v) is 2.69. The van der Waals surface area contributed by atoms with Crippen LogP contribution in [0.3, 0.4) is 0 Å². The lowest BCUT2D eigenvalue weighted by molar-refractivity contribution is -0.384. The quantitative estimate of drug-likeness (QED) is 0.648. The van der Waals surface area contributed by atoms with Gasteiger partial charge in [0.05, 0.1) is 17.1 Å². The molecule has 1 aromatic heterocycles. The molecule has 20 heavy (non-hydrogen) atoms. The van der Waals surface area contributed by atoms with E-state index in [4.69, 9.17) is 0 Å². The smallest absolute Gasteiger partial charge is 0.276 e. The number of halogens is 1. The molecule has 0 amide bonds. The van der Waals surface area contributed by atoms with E-state index < -0.39 is 4.92 Å². The maximum Gasteiger partial charge on any atom is 0.276 e. The highest BCUT2D eigenvalue weighted by atomic mass is 19.1. The predicted molar refractivity (Wildman–Crippen MR) is 74.2 cm³/mol. The molecule has 7 heteroatoms. The van der Waals surface area contributed by atoms with Gasteiger partial charge in [0, 0.05) is 19.2 Å². The molecular weight excluding hydrogens is 263 g/mol. The first-order chi connectivity index (χ1) is 9.60. The molecule has 0 aliphatic carbocycles. The van der Waals surface area contributed by atoms with Crippen LogP contribution in [0.2, 0.25) is 0 Å². The summed E-state index contributed by atoms with van der Waals surface area (Å²) in [7, 11) is 1.62. The van der Waals surface area contributed by atoms with Crippen molar-refractivity contribution in [1.29, 1.82) is 0 Å². The lowest BCUT2D eigenvalue weighted by Gasteiger charge is -2.08. The molecule has 2 aromatic rings.